The van der Waals surface area contributed by atoms with E-state index in [0.717, 1.165) is 0 Å². The van der Waals surface area contributed by atoms with Crippen molar-refractivity contribution in [2.75, 3.05) is 0 Å². The maximum atomic E-state index is 8.56. The van der Waals surface area contributed by atoms with Crippen molar-refractivity contribution in [1.82, 2.24) is 0 Å². The summed E-state index contributed by atoms with van der Waals surface area (Å²) < 4.78 is 0. The number of carboxylic acid groups (broad SMARTS) is 4. The summed E-state index contributed by atoms with van der Waals surface area (Å²) >= 11 is 0. The van der Waals surface area contributed by atoms with Crippen LogP contribution in [0, 0.1) is 0 Å². The standard InChI is InChI=1S/2CH2O3.K.2Li.3H/c2*2-1(3)4;;;;;;/h2*(H2,2,3,4);;;;;;/q;;3*+1;3*-1. The van der Waals surface area contributed by atoms with E-state index >= 15 is 0 Å². The van der Waals surface area contributed by atoms with Crippen molar-refractivity contribution < 1.29 is 123 Å². The van der Waals surface area contributed by atoms with Crippen LogP contribution in [0.2, 0.25) is 0 Å². The summed E-state index contributed by atoms with van der Waals surface area (Å²) in [4.78, 5) is 17.1. The van der Waals surface area contributed by atoms with Gasteiger partial charge in [0.05, 0.1) is 0 Å². The Morgan fingerprint density at radius 1 is 0.818 bits per heavy atom. The van der Waals surface area contributed by atoms with E-state index < -0.39 is 12.3 Å². The SMILES string of the molecule is O=C(O)O.O=C(O)O.[H-].[H-].[H-].[K+].[Li+].[Li+]. The second kappa shape index (κ2) is 22.5. The summed E-state index contributed by atoms with van der Waals surface area (Å²) in [7, 11) is 0. The second-order valence-electron chi connectivity index (χ2n) is 0.565. The van der Waals surface area contributed by atoms with Gasteiger partial charge in [0.15, 0.2) is 0 Å². The molecule has 0 atom stereocenters. The molecular weight excluding hydrogens is 173 g/mol. The molecule has 0 saturated carbocycles. The third-order valence-electron chi connectivity index (χ3n) is 0. The van der Waals surface area contributed by atoms with Crippen molar-refractivity contribution in [1.29, 1.82) is 0 Å². The molecule has 0 spiro atoms. The Morgan fingerprint density at radius 3 is 0.818 bits per heavy atom. The molecule has 0 aromatic carbocycles. The van der Waals surface area contributed by atoms with Crippen LogP contribution in [0.1, 0.15) is 4.28 Å². The minimum Gasteiger partial charge on any atom is -1.00 e. The molecule has 9 heteroatoms. The minimum absolute atomic E-state index is 0. The number of hydrogen-bond donors (Lipinski definition) is 4. The van der Waals surface area contributed by atoms with E-state index in [1.54, 1.807) is 0 Å². The predicted molar refractivity (Wildman–Crippen MR) is 24.6 cm³/mol. The zero-order valence-electron chi connectivity index (χ0n) is 9.61. The Hall–Kier alpha value is 1.37. The van der Waals surface area contributed by atoms with Crippen LogP contribution >= 0.6 is 0 Å². The fraction of sp³-hybridized carbons (Fsp3) is 0. The van der Waals surface area contributed by atoms with Gasteiger partial charge >= 0.3 is 101 Å². The molecule has 0 saturated heterocycles. The summed E-state index contributed by atoms with van der Waals surface area (Å²) in [5, 5.41) is 27.9. The van der Waals surface area contributed by atoms with Gasteiger partial charge in [0.1, 0.15) is 0 Å². The first-order chi connectivity index (χ1) is 3.46. The Kier molecular flexibility index (Phi) is 60.2. The molecule has 0 aliphatic rings. The van der Waals surface area contributed by atoms with Gasteiger partial charge in [-0.3, -0.25) is 0 Å². The van der Waals surface area contributed by atoms with Gasteiger partial charge < -0.3 is 24.7 Å². The molecule has 0 amide bonds. The summed E-state index contributed by atoms with van der Waals surface area (Å²) in [5.41, 5.74) is 0. The van der Waals surface area contributed by atoms with Crippen LogP contribution in [0.4, 0.5) is 9.59 Å². The van der Waals surface area contributed by atoms with E-state index in [4.69, 9.17) is 30.0 Å². The van der Waals surface area contributed by atoms with Crippen LogP contribution in [-0.2, 0) is 0 Å². The van der Waals surface area contributed by atoms with Crippen molar-refractivity contribution in [2.45, 2.75) is 0 Å². The maximum Gasteiger partial charge on any atom is 1.00 e. The Bertz CT molecular complexity index is 87.1. The topological polar surface area (TPSA) is 115 Å². The molecule has 0 aromatic rings. The fourth-order valence-corrected chi connectivity index (χ4v) is 0. The zero-order chi connectivity index (χ0) is 7.15. The fourth-order valence-electron chi connectivity index (χ4n) is 0. The van der Waals surface area contributed by atoms with Gasteiger partial charge in [-0.1, -0.05) is 0 Å². The first kappa shape index (κ1) is 29.4. The van der Waals surface area contributed by atoms with Crippen LogP contribution in [0.5, 0.6) is 0 Å². The summed E-state index contributed by atoms with van der Waals surface area (Å²) in [6, 6.07) is 0. The number of rotatable bonds is 0. The van der Waals surface area contributed by atoms with Crippen molar-refractivity contribution >= 4 is 12.3 Å². The van der Waals surface area contributed by atoms with Gasteiger partial charge in [0.25, 0.3) is 0 Å². The van der Waals surface area contributed by atoms with Gasteiger partial charge in [0.2, 0.25) is 0 Å². The number of carbonyl (C=O) groups is 2. The molecule has 0 unspecified atom stereocenters. The predicted octanol–water partition coefficient (Wildman–Crippen LogP) is -8.21. The minimum atomic E-state index is -1.83. The van der Waals surface area contributed by atoms with Crippen molar-refractivity contribution in [3.63, 3.8) is 0 Å². The number of hydrogen-bond acceptors (Lipinski definition) is 2. The summed E-state index contributed by atoms with van der Waals surface area (Å²) in [6.45, 7) is 0. The molecule has 0 fully saturated rings. The van der Waals surface area contributed by atoms with Crippen molar-refractivity contribution in [3.05, 3.63) is 0 Å². The van der Waals surface area contributed by atoms with Gasteiger partial charge in [0, 0.05) is 0 Å². The normalized spacial score (nSPS) is 4.36. The van der Waals surface area contributed by atoms with Crippen LogP contribution < -0.4 is 89.1 Å². The molecule has 0 rings (SSSR count). The van der Waals surface area contributed by atoms with Gasteiger partial charge in [-0.15, -0.1) is 0 Å². The van der Waals surface area contributed by atoms with Crippen molar-refractivity contribution in [3.8, 4) is 0 Å². The maximum absolute atomic E-state index is 8.56. The molecule has 0 aliphatic carbocycles. The molecule has 54 valence electrons. The molecule has 0 heterocycles. The molecular formula is C2H7KLi2O6. The van der Waals surface area contributed by atoms with E-state index in [2.05, 4.69) is 0 Å². The summed E-state index contributed by atoms with van der Waals surface area (Å²) in [6.07, 6.45) is -3.67. The van der Waals surface area contributed by atoms with Crippen molar-refractivity contribution in [2.24, 2.45) is 0 Å². The Balaban J connectivity index is -0.00000000600. The average Bonchev–Trinajstić information content (AvgIpc) is 1.25. The second-order valence-corrected chi connectivity index (χ2v) is 0.565. The third-order valence-corrected chi connectivity index (χ3v) is 0. The zero-order valence-corrected chi connectivity index (χ0v) is 9.73. The monoisotopic (exact) mass is 180 g/mol. The first-order valence-corrected chi connectivity index (χ1v) is 1.30. The van der Waals surface area contributed by atoms with E-state index in [1.807, 2.05) is 0 Å². The van der Waals surface area contributed by atoms with E-state index in [-0.39, 0.29) is 93.4 Å². The van der Waals surface area contributed by atoms with E-state index in [9.17, 15) is 0 Å². The van der Waals surface area contributed by atoms with E-state index in [1.165, 1.54) is 0 Å². The van der Waals surface area contributed by atoms with Gasteiger partial charge in [-0.2, -0.15) is 0 Å². The summed E-state index contributed by atoms with van der Waals surface area (Å²) in [5.74, 6) is 0. The quantitative estimate of drug-likeness (QED) is 0.275. The van der Waals surface area contributed by atoms with Gasteiger partial charge in [-0.25, -0.2) is 9.59 Å². The molecule has 0 bridgehead atoms. The molecule has 0 aromatic heterocycles. The smallest absolute Gasteiger partial charge is 1.00 e. The van der Waals surface area contributed by atoms with Crippen LogP contribution in [0.25, 0.3) is 0 Å². The molecule has 11 heavy (non-hydrogen) atoms. The van der Waals surface area contributed by atoms with Crippen LogP contribution in [-0.4, -0.2) is 32.7 Å². The third kappa shape index (κ3) is 531. The average molecular weight is 180 g/mol. The van der Waals surface area contributed by atoms with Gasteiger partial charge in [-0.05, 0) is 0 Å². The molecule has 0 aliphatic heterocycles. The largest absolute Gasteiger partial charge is 1.00 e. The molecule has 6 nitrogen and oxygen atoms in total. The molecule has 4 N–H and O–H groups in total. The molecule has 0 radical (unpaired) electrons. The van der Waals surface area contributed by atoms with Crippen LogP contribution in [0.15, 0.2) is 0 Å². The Morgan fingerprint density at radius 2 is 0.818 bits per heavy atom. The van der Waals surface area contributed by atoms with Crippen LogP contribution in [0.3, 0.4) is 0 Å². The Labute approximate surface area is 134 Å². The first-order valence-electron chi connectivity index (χ1n) is 1.30. The van der Waals surface area contributed by atoms with E-state index in [0.29, 0.717) is 0 Å².